The largest absolute Gasteiger partial charge is 0.444 e. The Morgan fingerprint density at radius 3 is 2.38 bits per heavy atom. The molecule has 0 saturated heterocycles. The van der Waals surface area contributed by atoms with Crippen molar-refractivity contribution in [1.82, 2.24) is 10.6 Å². The van der Waals surface area contributed by atoms with Gasteiger partial charge in [0.05, 0.1) is 11.3 Å². The smallest absolute Gasteiger partial charge is 0.416 e. The maximum absolute atomic E-state index is 14.0. The quantitative estimate of drug-likeness (QED) is 0.486. The summed E-state index contributed by atoms with van der Waals surface area (Å²) in [4.78, 5) is 40.9. The molecule has 2 atom stereocenters. The van der Waals surface area contributed by atoms with Gasteiger partial charge >= 0.3 is 12.3 Å². The van der Waals surface area contributed by atoms with E-state index in [-0.39, 0.29) is 18.0 Å². The van der Waals surface area contributed by atoms with Crippen LogP contribution in [0.4, 0.5) is 28.0 Å². The summed E-state index contributed by atoms with van der Waals surface area (Å²) in [7, 11) is 0. The lowest BCUT2D eigenvalue weighted by Gasteiger charge is -2.30. The highest BCUT2D eigenvalue weighted by Gasteiger charge is 2.37. The molecule has 0 aliphatic carbocycles. The number of aryl methyl sites for hydroxylation is 1. The number of halogens is 4. The van der Waals surface area contributed by atoms with Crippen molar-refractivity contribution in [2.45, 2.75) is 83.8 Å². The zero-order chi connectivity index (χ0) is 29.1. The van der Waals surface area contributed by atoms with Gasteiger partial charge in [-0.15, -0.1) is 0 Å². The van der Waals surface area contributed by atoms with Crippen LogP contribution in [-0.2, 0) is 33.3 Å². The minimum Gasteiger partial charge on any atom is -0.444 e. The normalized spacial score (nSPS) is 16.8. The Balaban J connectivity index is 1.90. The van der Waals surface area contributed by atoms with Crippen molar-refractivity contribution in [3.63, 3.8) is 0 Å². The number of nitrogens with one attached hydrogen (secondary N) is 2. The number of alkyl carbamates (subject to hydrolysis) is 1. The van der Waals surface area contributed by atoms with Gasteiger partial charge in [0.25, 0.3) is 0 Å². The maximum atomic E-state index is 14.0. The molecule has 0 spiro atoms. The van der Waals surface area contributed by atoms with Crippen LogP contribution in [0.5, 0.6) is 0 Å². The fourth-order valence-electron chi connectivity index (χ4n) is 4.48. The Labute approximate surface area is 224 Å². The maximum Gasteiger partial charge on any atom is 0.416 e. The Bertz CT molecular complexity index is 1220. The fraction of sp³-hybridized carbons (Fsp3) is 0.464. The molecule has 3 amide bonds. The Morgan fingerprint density at radius 1 is 1.10 bits per heavy atom. The van der Waals surface area contributed by atoms with Gasteiger partial charge in [-0.2, -0.15) is 13.2 Å². The lowest BCUT2D eigenvalue weighted by Crippen LogP contribution is -2.56. The van der Waals surface area contributed by atoms with Gasteiger partial charge in [-0.25, -0.2) is 9.18 Å². The number of alkyl halides is 3. The molecule has 212 valence electrons. The van der Waals surface area contributed by atoms with Crippen LogP contribution in [0.3, 0.4) is 0 Å². The minimum atomic E-state index is -4.68. The third kappa shape index (κ3) is 7.70. The third-order valence-corrected chi connectivity index (χ3v) is 6.13. The average molecular weight is 552 g/mol. The molecule has 1 aliphatic heterocycles. The number of benzene rings is 2. The molecule has 2 aromatic carbocycles. The van der Waals surface area contributed by atoms with Crippen LogP contribution in [-0.4, -0.2) is 41.6 Å². The molecule has 0 fully saturated rings. The van der Waals surface area contributed by atoms with Gasteiger partial charge in [0.2, 0.25) is 11.8 Å². The first-order valence-corrected chi connectivity index (χ1v) is 12.6. The summed E-state index contributed by atoms with van der Waals surface area (Å²) in [5.41, 5.74) is -0.958. The molecule has 2 aromatic rings. The number of hydrogen-bond donors (Lipinski definition) is 2. The molecule has 0 unspecified atom stereocenters. The Kier molecular flexibility index (Phi) is 8.92. The highest BCUT2D eigenvalue weighted by molar-refractivity contribution is 6.01. The van der Waals surface area contributed by atoms with E-state index in [1.54, 1.807) is 40.7 Å². The zero-order valence-electron chi connectivity index (χ0n) is 22.5. The van der Waals surface area contributed by atoms with Crippen LogP contribution in [0.25, 0.3) is 0 Å². The summed E-state index contributed by atoms with van der Waals surface area (Å²) in [6, 6.07) is 5.97. The summed E-state index contributed by atoms with van der Waals surface area (Å²) >= 11 is 0. The van der Waals surface area contributed by atoms with Gasteiger partial charge in [-0.3, -0.25) is 9.59 Å². The van der Waals surface area contributed by atoms with Crippen molar-refractivity contribution in [2.24, 2.45) is 0 Å². The second-order valence-electron chi connectivity index (χ2n) is 10.7. The first-order chi connectivity index (χ1) is 18.1. The molecule has 0 radical (unpaired) electrons. The number of amides is 3. The van der Waals surface area contributed by atoms with E-state index in [0.29, 0.717) is 12.1 Å². The van der Waals surface area contributed by atoms with Crippen LogP contribution in [0.1, 0.15) is 57.7 Å². The molecule has 7 nitrogen and oxygen atoms in total. The van der Waals surface area contributed by atoms with Crippen LogP contribution < -0.4 is 15.5 Å². The predicted octanol–water partition coefficient (Wildman–Crippen LogP) is 5.15. The zero-order valence-corrected chi connectivity index (χ0v) is 22.5. The number of rotatable bonds is 6. The average Bonchev–Trinajstić information content (AvgIpc) is 2.93. The van der Waals surface area contributed by atoms with E-state index in [2.05, 4.69) is 10.6 Å². The van der Waals surface area contributed by atoms with Gasteiger partial charge < -0.3 is 20.3 Å². The molecule has 3 rings (SSSR count). The van der Waals surface area contributed by atoms with Crippen molar-refractivity contribution >= 4 is 23.6 Å². The van der Waals surface area contributed by atoms with Gasteiger partial charge in [0.15, 0.2) is 0 Å². The first-order valence-electron chi connectivity index (χ1n) is 12.6. The number of hydrogen-bond acceptors (Lipinski definition) is 4. The number of carbonyl (C=O) groups is 3. The first kappa shape index (κ1) is 29.9. The Morgan fingerprint density at radius 2 is 1.77 bits per heavy atom. The van der Waals surface area contributed by atoms with Gasteiger partial charge in [0.1, 0.15) is 23.5 Å². The van der Waals surface area contributed by atoms with Crippen LogP contribution >= 0.6 is 0 Å². The summed E-state index contributed by atoms with van der Waals surface area (Å²) in [5.74, 6) is -1.86. The second-order valence-corrected chi connectivity index (χ2v) is 10.7. The number of nitrogens with zero attached hydrogens (tertiary/aromatic N) is 1. The number of fused-ring (bicyclic) bond motifs is 1. The van der Waals surface area contributed by atoms with Crippen molar-refractivity contribution in [2.75, 3.05) is 4.90 Å². The van der Waals surface area contributed by atoms with Crippen molar-refractivity contribution in [3.05, 3.63) is 65.0 Å². The topological polar surface area (TPSA) is 87.7 Å². The third-order valence-electron chi connectivity index (χ3n) is 6.13. The molecule has 0 aromatic heterocycles. The molecule has 2 N–H and O–H groups in total. The molecule has 0 saturated carbocycles. The van der Waals surface area contributed by atoms with Crippen molar-refractivity contribution in [1.29, 1.82) is 0 Å². The molecule has 39 heavy (non-hydrogen) atoms. The number of ether oxygens (including phenoxy) is 1. The molecular weight excluding hydrogens is 518 g/mol. The van der Waals surface area contributed by atoms with E-state index in [9.17, 15) is 31.9 Å². The van der Waals surface area contributed by atoms with Gasteiger partial charge in [0, 0.05) is 12.5 Å². The molecule has 0 bridgehead atoms. The monoisotopic (exact) mass is 551 g/mol. The highest BCUT2D eigenvalue weighted by Crippen LogP contribution is 2.33. The summed E-state index contributed by atoms with van der Waals surface area (Å²) in [6.45, 7) is 8.30. The number of carbonyl (C=O) groups excluding carboxylic acids is 3. The Hall–Kier alpha value is -3.63. The highest BCUT2D eigenvalue weighted by atomic mass is 19.4. The van der Waals surface area contributed by atoms with Crippen LogP contribution in [0.2, 0.25) is 0 Å². The van der Waals surface area contributed by atoms with Crippen molar-refractivity contribution in [3.8, 4) is 0 Å². The SMILES string of the molecule is CC(C)N1C(=O)[C@@H](NC(=O)[C@@H](Cc2ccccc2C(F)(F)F)NC(=O)OC(C)(C)C)CCc2ccc(F)cc21. The predicted molar refractivity (Wildman–Crippen MR) is 138 cm³/mol. The summed E-state index contributed by atoms with van der Waals surface area (Å²) in [5, 5.41) is 4.98. The lowest BCUT2D eigenvalue weighted by molar-refractivity contribution is -0.138. The summed E-state index contributed by atoms with van der Waals surface area (Å²) in [6.07, 6.45) is -5.66. The van der Waals surface area contributed by atoms with E-state index in [0.717, 1.165) is 11.6 Å². The van der Waals surface area contributed by atoms with E-state index in [1.807, 2.05) is 0 Å². The van der Waals surface area contributed by atoms with Gasteiger partial charge in [-0.1, -0.05) is 24.3 Å². The second kappa shape index (κ2) is 11.6. The van der Waals surface area contributed by atoms with Crippen LogP contribution in [0, 0.1) is 5.82 Å². The van der Waals surface area contributed by atoms with E-state index in [4.69, 9.17) is 4.74 Å². The molecule has 1 heterocycles. The molecule has 11 heteroatoms. The van der Waals surface area contributed by atoms with E-state index in [1.165, 1.54) is 35.2 Å². The van der Waals surface area contributed by atoms with Gasteiger partial charge in [-0.05, 0) is 76.8 Å². The van der Waals surface area contributed by atoms with E-state index >= 15 is 0 Å². The molecule has 1 aliphatic rings. The van der Waals surface area contributed by atoms with Crippen molar-refractivity contribution < 1.29 is 36.7 Å². The van der Waals surface area contributed by atoms with Crippen LogP contribution in [0.15, 0.2) is 42.5 Å². The number of anilines is 1. The lowest BCUT2D eigenvalue weighted by atomic mass is 9.98. The van der Waals surface area contributed by atoms with E-state index < -0.39 is 59.6 Å². The fourth-order valence-corrected chi connectivity index (χ4v) is 4.48. The minimum absolute atomic E-state index is 0.171. The summed E-state index contributed by atoms with van der Waals surface area (Å²) < 4.78 is 60.2. The standard InChI is InChI=1S/C28H33F4N3O4/c1-16(2)35-23-15-19(29)12-10-17(23)11-13-21(25(35)37)33-24(36)22(34-26(38)39-27(3,4)5)14-18-8-6-7-9-20(18)28(30,31)32/h6-10,12,15-16,21-22H,11,13-14H2,1-5H3,(H,33,36)(H,34,38)/t21-,22+/m0/s1. The molecular formula is C28H33F4N3O4.